The van der Waals surface area contributed by atoms with E-state index in [4.69, 9.17) is 10.2 Å². The van der Waals surface area contributed by atoms with Crippen molar-refractivity contribution in [2.24, 2.45) is 0 Å². The van der Waals surface area contributed by atoms with Gasteiger partial charge in [0.15, 0.2) is 0 Å². The van der Waals surface area contributed by atoms with Crippen molar-refractivity contribution in [1.29, 1.82) is 0 Å². The number of benzene rings is 2. The minimum Gasteiger partial charge on any atom is -0.396 e. The fraction of sp³-hybridized carbons (Fsp3) is 0.333. The summed E-state index contributed by atoms with van der Waals surface area (Å²) < 4.78 is 0. The predicted molar refractivity (Wildman–Crippen MR) is 88.0 cm³/mol. The molecule has 2 aromatic carbocycles. The lowest BCUT2D eigenvalue weighted by molar-refractivity contribution is 0.273. The van der Waals surface area contributed by atoms with Gasteiger partial charge in [0.1, 0.15) is 0 Å². The van der Waals surface area contributed by atoms with Crippen LogP contribution in [0, 0.1) is 0 Å². The van der Waals surface area contributed by atoms with E-state index < -0.39 is 0 Å². The molecule has 0 amide bonds. The van der Waals surface area contributed by atoms with E-state index >= 15 is 0 Å². The summed E-state index contributed by atoms with van der Waals surface area (Å²) in [7, 11) is 0. The highest BCUT2D eigenvalue weighted by atomic mass is 32.2. The standard InChI is InChI=1S/C18H22O2S/c1-13(11-19)15-3-7-17(8-4-15)21-18-9-5-16(6-10-18)14(2)12-20/h3-10,13-14,19-20H,11-12H2,1-2H3. The van der Waals surface area contributed by atoms with E-state index in [0.717, 1.165) is 11.1 Å². The Hall–Kier alpha value is -1.29. The SMILES string of the molecule is CC(CO)c1ccc(Sc2ccc(C(C)CO)cc2)cc1. The highest BCUT2D eigenvalue weighted by molar-refractivity contribution is 7.99. The van der Waals surface area contributed by atoms with Crippen LogP contribution in [0.1, 0.15) is 36.8 Å². The highest BCUT2D eigenvalue weighted by Gasteiger charge is 2.06. The van der Waals surface area contributed by atoms with Crippen molar-refractivity contribution in [1.82, 2.24) is 0 Å². The summed E-state index contributed by atoms with van der Waals surface area (Å²) in [4.78, 5) is 2.37. The summed E-state index contributed by atoms with van der Waals surface area (Å²) in [6.45, 7) is 4.39. The zero-order valence-corrected chi connectivity index (χ0v) is 13.3. The maximum absolute atomic E-state index is 9.16. The topological polar surface area (TPSA) is 40.5 Å². The van der Waals surface area contributed by atoms with Crippen LogP contribution in [0.4, 0.5) is 0 Å². The van der Waals surface area contributed by atoms with E-state index in [1.165, 1.54) is 9.79 Å². The number of aliphatic hydroxyl groups excluding tert-OH is 2. The number of aliphatic hydroxyl groups is 2. The molecule has 0 spiro atoms. The maximum atomic E-state index is 9.16. The molecule has 2 N–H and O–H groups in total. The normalized spacial score (nSPS) is 13.9. The molecule has 2 rings (SSSR count). The van der Waals surface area contributed by atoms with Crippen molar-refractivity contribution in [2.75, 3.05) is 13.2 Å². The number of rotatable bonds is 6. The Bertz CT molecular complexity index is 497. The molecule has 0 fully saturated rings. The van der Waals surface area contributed by atoms with Crippen LogP contribution < -0.4 is 0 Å². The number of hydrogen-bond donors (Lipinski definition) is 2. The van der Waals surface area contributed by atoms with Crippen molar-refractivity contribution in [3.63, 3.8) is 0 Å². The largest absolute Gasteiger partial charge is 0.396 e. The van der Waals surface area contributed by atoms with Crippen LogP contribution in [-0.4, -0.2) is 23.4 Å². The van der Waals surface area contributed by atoms with Gasteiger partial charge in [-0.25, -0.2) is 0 Å². The fourth-order valence-corrected chi connectivity index (χ4v) is 2.89. The van der Waals surface area contributed by atoms with Gasteiger partial charge in [-0.15, -0.1) is 0 Å². The smallest absolute Gasteiger partial charge is 0.0497 e. The second-order valence-electron chi connectivity index (χ2n) is 5.41. The average Bonchev–Trinajstić information content (AvgIpc) is 2.55. The van der Waals surface area contributed by atoms with E-state index in [0.29, 0.717) is 0 Å². The molecule has 0 saturated carbocycles. The minimum absolute atomic E-state index is 0.178. The molecule has 3 heteroatoms. The summed E-state index contributed by atoms with van der Waals surface area (Å²) in [6, 6.07) is 16.7. The Morgan fingerprint density at radius 3 is 1.33 bits per heavy atom. The van der Waals surface area contributed by atoms with Gasteiger partial charge in [-0.2, -0.15) is 0 Å². The lowest BCUT2D eigenvalue weighted by Gasteiger charge is -2.10. The summed E-state index contributed by atoms with van der Waals surface area (Å²) in [5, 5.41) is 18.3. The Morgan fingerprint density at radius 1 is 0.714 bits per heavy atom. The molecule has 0 aliphatic rings. The molecule has 0 saturated heterocycles. The first-order valence-corrected chi connectivity index (χ1v) is 8.05. The molecule has 0 aromatic heterocycles. The van der Waals surface area contributed by atoms with Gasteiger partial charge in [0.25, 0.3) is 0 Å². The van der Waals surface area contributed by atoms with Gasteiger partial charge in [-0.1, -0.05) is 49.9 Å². The third kappa shape index (κ3) is 4.34. The van der Waals surface area contributed by atoms with Crippen molar-refractivity contribution < 1.29 is 10.2 Å². The van der Waals surface area contributed by atoms with Crippen molar-refractivity contribution in [3.05, 3.63) is 59.7 Å². The minimum atomic E-state index is 0.178. The van der Waals surface area contributed by atoms with Gasteiger partial charge < -0.3 is 10.2 Å². The van der Waals surface area contributed by atoms with Gasteiger partial charge in [-0.05, 0) is 35.4 Å². The monoisotopic (exact) mass is 302 g/mol. The predicted octanol–water partition coefficient (Wildman–Crippen LogP) is 4.03. The molecular formula is C18H22O2S. The van der Waals surface area contributed by atoms with Gasteiger partial charge in [-0.3, -0.25) is 0 Å². The van der Waals surface area contributed by atoms with Gasteiger partial charge in [0.2, 0.25) is 0 Å². The lowest BCUT2D eigenvalue weighted by Crippen LogP contribution is -1.98. The molecule has 112 valence electrons. The highest BCUT2D eigenvalue weighted by Crippen LogP contribution is 2.30. The third-order valence-electron chi connectivity index (χ3n) is 3.68. The van der Waals surface area contributed by atoms with E-state index in [-0.39, 0.29) is 25.0 Å². The van der Waals surface area contributed by atoms with Crippen LogP contribution in [0.25, 0.3) is 0 Å². The molecule has 2 atom stereocenters. The summed E-state index contributed by atoms with van der Waals surface area (Å²) in [5.74, 6) is 0.367. The van der Waals surface area contributed by atoms with E-state index in [9.17, 15) is 0 Å². The van der Waals surface area contributed by atoms with Crippen LogP contribution >= 0.6 is 11.8 Å². The van der Waals surface area contributed by atoms with Gasteiger partial charge >= 0.3 is 0 Å². The van der Waals surface area contributed by atoms with Crippen molar-refractivity contribution in [3.8, 4) is 0 Å². The first-order valence-electron chi connectivity index (χ1n) is 7.23. The van der Waals surface area contributed by atoms with E-state index in [1.54, 1.807) is 11.8 Å². The lowest BCUT2D eigenvalue weighted by atomic mass is 10.0. The summed E-state index contributed by atoms with van der Waals surface area (Å²) >= 11 is 1.72. The quantitative estimate of drug-likeness (QED) is 0.846. The second-order valence-corrected chi connectivity index (χ2v) is 6.55. The van der Waals surface area contributed by atoms with E-state index in [2.05, 4.69) is 48.5 Å². The summed E-state index contributed by atoms with van der Waals surface area (Å²) in [5.41, 5.74) is 2.32. The average molecular weight is 302 g/mol. The molecular weight excluding hydrogens is 280 g/mol. The molecule has 2 aromatic rings. The van der Waals surface area contributed by atoms with Crippen LogP contribution in [0.15, 0.2) is 58.3 Å². The van der Waals surface area contributed by atoms with Crippen LogP contribution in [0.5, 0.6) is 0 Å². The zero-order valence-electron chi connectivity index (χ0n) is 12.5. The van der Waals surface area contributed by atoms with Crippen LogP contribution in [0.2, 0.25) is 0 Å². The molecule has 0 bridgehead atoms. The Labute approximate surface area is 130 Å². The third-order valence-corrected chi connectivity index (χ3v) is 4.70. The summed E-state index contributed by atoms with van der Waals surface area (Å²) in [6.07, 6.45) is 0. The van der Waals surface area contributed by atoms with Gasteiger partial charge in [0.05, 0.1) is 0 Å². The van der Waals surface area contributed by atoms with Crippen LogP contribution in [0.3, 0.4) is 0 Å². The molecule has 2 unspecified atom stereocenters. The maximum Gasteiger partial charge on any atom is 0.0497 e. The number of hydrogen-bond acceptors (Lipinski definition) is 3. The molecule has 0 radical (unpaired) electrons. The van der Waals surface area contributed by atoms with E-state index in [1.807, 2.05) is 13.8 Å². The molecule has 21 heavy (non-hydrogen) atoms. The van der Waals surface area contributed by atoms with Crippen LogP contribution in [-0.2, 0) is 0 Å². The zero-order chi connectivity index (χ0) is 15.2. The molecule has 0 heterocycles. The Kier molecular flexibility index (Phi) is 5.85. The van der Waals surface area contributed by atoms with Crippen molar-refractivity contribution in [2.45, 2.75) is 35.5 Å². The second kappa shape index (κ2) is 7.64. The molecule has 0 aliphatic heterocycles. The molecule has 0 aliphatic carbocycles. The van der Waals surface area contributed by atoms with Crippen molar-refractivity contribution >= 4 is 11.8 Å². The molecule has 2 nitrogen and oxygen atoms in total. The Morgan fingerprint density at radius 2 is 1.05 bits per heavy atom. The first-order chi connectivity index (χ1) is 10.1. The fourth-order valence-electron chi connectivity index (χ4n) is 2.08. The first kappa shape index (κ1) is 16.1. The van der Waals surface area contributed by atoms with Gasteiger partial charge in [0, 0.05) is 34.8 Å². The Balaban J connectivity index is 2.04.